The Morgan fingerprint density at radius 2 is 2.38 bits per heavy atom. The van der Waals surface area contributed by atoms with Crippen LogP contribution in [-0.4, -0.2) is 29.1 Å². The van der Waals surface area contributed by atoms with Crippen molar-refractivity contribution in [1.82, 2.24) is 10.3 Å². The SMILES string of the molecule is Nc1ccc(C2CCCNC2)nc1C(=O)O. The van der Waals surface area contributed by atoms with Crippen LogP contribution in [0.5, 0.6) is 0 Å². The number of anilines is 1. The lowest BCUT2D eigenvalue weighted by Crippen LogP contribution is -2.29. The molecule has 0 saturated carbocycles. The number of hydrogen-bond donors (Lipinski definition) is 3. The summed E-state index contributed by atoms with van der Waals surface area (Å²) in [5.74, 6) is -0.768. The van der Waals surface area contributed by atoms with Gasteiger partial charge in [0.05, 0.1) is 5.69 Å². The molecule has 1 unspecified atom stereocenters. The maximum atomic E-state index is 10.9. The molecular formula is C11H15N3O2. The molecule has 1 aromatic rings. The molecule has 0 amide bonds. The van der Waals surface area contributed by atoms with Crippen LogP contribution in [0.3, 0.4) is 0 Å². The Morgan fingerprint density at radius 3 is 3.00 bits per heavy atom. The summed E-state index contributed by atoms with van der Waals surface area (Å²) < 4.78 is 0. The van der Waals surface area contributed by atoms with Crippen LogP contribution in [0.2, 0.25) is 0 Å². The number of carboxylic acid groups (broad SMARTS) is 1. The number of rotatable bonds is 2. The van der Waals surface area contributed by atoms with Gasteiger partial charge in [0.1, 0.15) is 0 Å². The number of carboxylic acids is 1. The highest BCUT2D eigenvalue weighted by atomic mass is 16.4. The summed E-state index contributed by atoms with van der Waals surface area (Å²) in [5, 5.41) is 12.2. The van der Waals surface area contributed by atoms with E-state index in [1.807, 2.05) is 6.07 Å². The number of nitrogens with one attached hydrogen (secondary N) is 1. The van der Waals surface area contributed by atoms with Gasteiger partial charge in [-0.15, -0.1) is 0 Å². The second-order valence-corrected chi connectivity index (χ2v) is 4.02. The van der Waals surface area contributed by atoms with E-state index in [1.54, 1.807) is 6.07 Å². The summed E-state index contributed by atoms with van der Waals surface area (Å²) in [6.07, 6.45) is 2.14. The fourth-order valence-corrected chi connectivity index (χ4v) is 1.99. The number of nitrogens with zero attached hydrogens (tertiary/aromatic N) is 1. The van der Waals surface area contributed by atoms with E-state index in [4.69, 9.17) is 10.8 Å². The second kappa shape index (κ2) is 4.49. The van der Waals surface area contributed by atoms with Gasteiger partial charge in [-0.3, -0.25) is 0 Å². The average Bonchev–Trinajstić information content (AvgIpc) is 2.30. The van der Waals surface area contributed by atoms with E-state index in [9.17, 15) is 4.79 Å². The first-order valence-electron chi connectivity index (χ1n) is 5.39. The van der Waals surface area contributed by atoms with Crippen LogP contribution in [-0.2, 0) is 0 Å². The summed E-state index contributed by atoms with van der Waals surface area (Å²) in [4.78, 5) is 15.0. The lowest BCUT2D eigenvalue weighted by atomic mass is 9.95. The zero-order valence-electron chi connectivity index (χ0n) is 8.94. The van der Waals surface area contributed by atoms with Crippen LogP contribution < -0.4 is 11.1 Å². The van der Waals surface area contributed by atoms with Crippen molar-refractivity contribution in [2.24, 2.45) is 0 Å². The summed E-state index contributed by atoms with van der Waals surface area (Å²) >= 11 is 0. The molecule has 1 atom stereocenters. The highest BCUT2D eigenvalue weighted by Gasteiger charge is 2.19. The van der Waals surface area contributed by atoms with Gasteiger partial charge in [-0.2, -0.15) is 0 Å². The summed E-state index contributed by atoms with van der Waals surface area (Å²) in [6.45, 7) is 1.88. The average molecular weight is 221 g/mol. The van der Waals surface area contributed by atoms with Gasteiger partial charge < -0.3 is 16.2 Å². The minimum Gasteiger partial charge on any atom is -0.476 e. The largest absolute Gasteiger partial charge is 0.476 e. The van der Waals surface area contributed by atoms with Crippen LogP contribution >= 0.6 is 0 Å². The van der Waals surface area contributed by atoms with Crippen LogP contribution in [0.1, 0.15) is 34.9 Å². The molecule has 5 heteroatoms. The molecule has 1 aliphatic rings. The monoisotopic (exact) mass is 221 g/mol. The minimum absolute atomic E-state index is 0.0388. The van der Waals surface area contributed by atoms with Crippen molar-refractivity contribution in [1.29, 1.82) is 0 Å². The topological polar surface area (TPSA) is 88.2 Å². The van der Waals surface area contributed by atoms with Gasteiger partial charge in [0.15, 0.2) is 5.69 Å². The Morgan fingerprint density at radius 1 is 1.56 bits per heavy atom. The highest BCUT2D eigenvalue weighted by molar-refractivity contribution is 5.91. The Bertz CT molecular complexity index is 400. The Kier molecular flexibility index (Phi) is 3.05. The first-order chi connectivity index (χ1) is 7.68. The zero-order chi connectivity index (χ0) is 11.5. The van der Waals surface area contributed by atoms with Gasteiger partial charge in [0.2, 0.25) is 0 Å². The van der Waals surface area contributed by atoms with Crippen LogP contribution in [0.4, 0.5) is 5.69 Å². The minimum atomic E-state index is -1.07. The third-order valence-electron chi connectivity index (χ3n) is 2.87. The first-order valence-corrected chi connectivity index (χ1v) is 5.39. The van der Waals surface area contributed by atoms with Gasteiger partial charge in [-0.25, -0.2) is 9.78 Å². The summed E-state index contributed by atoms with van der Waals surface area (Å²) in [7, 11) is 0. The number of nitrogens with two attached hydrogens (primary N) is 1. The molecule has 0 spiro atoms. The first kappa shape index (κ1) is 10.9. The van der Waals surface area contributed by atoms with E-state index in [-0.39, 0.29) is 11.4 Å². The molecule has 1 saturated heterocycles. The van der Waals surface area contributed by atoms with Gasteiger partial charge >= 0.3 is 5.97 Å². The Balaban J connectivity index is 2.27. The number of aromatic nitrogens is 1. The van der Waals surface area contributed by atoms with Gasteiger partial charge in [0.25, 0.3) is 0 Å². The van der Waals surface area contributed by atoms with Crippen LogP contribution in [0, 0.1) is 0 Å². The van der Waals surface area contributed by atoms with Crippen molar-refractivity contribution in [3.8, 4) is 0 Å². The van der Waals surface area contributed by atoms with Crippen molar-refractivity contribution >= 4 is 11.7 Å². The number of pyridine rings is 1. The zero-order valence-corrected chi connectivity index (χ0v) is 8.94. The fourth-order valence-electron chi connectivity index (χ4n) is 1.99. The molecule has 16 heavy (non-hydrogen) atoms. The van der Waals surface area contributed by atoms with Gasteiger partial charge in [0, 0.05) is 18.2 Å². The predicted molar refractivity (Wildman–Crippen MR) is 60.5 cm³/mol. The van der Waals surface area contributed by atoms with Gasteiger partial charge in [-0.05, 0) is 31.5 Å². The molecule has 0 bridgehead atoms. The molecule has 1 fully saturated rings. The standard InChI is InChI=1S/C11H15N3O2/c12-8-3-4-9(14-10(8)11(15)16)7-2-1-5-13-6-7/h3-4,7,13H,1-2,5-6,12H2,(H,15,16). The summed E-state index contributed by atoms with van der Waals surface area (Å²) in [6, 6.07) is 3.44. The van der Waals surface area contributed by atoms with E-state index >= 15 is 0 Å². The smallest absolute Gasteiger partial charge is 0.356 e. The Hall–Kier alpha value is -1.62. The van der Waals surface area contributed by atoms with E-state index in [0.717, 1.165) is 31.6 Å². The van der Waals surface area contributed by atoms with Crippen LogP contribution in [0.15, 0.2) is 12.1 Å². The third kappa shape index (κ3) is 2.14. The highest BCUT2D eigenvalue weighted by Crippen LogP contribution is 2.23. The summed E-state index contributed by atoms with van der Waals surface area (Å²) in [5.41, 5.74) is 6.56. The van der Waals surface area contributed by atoms with Crippen molar-refractivity contribution < 1.29 is 9.90 Å². The molecule has 2 rings (SSSR count). The number of carbonyl (C=O) groups is 1. The van der Waals surface area contributed by atoms with E-state index in [2.05, 4.69) is 10.3 Å². The number of piperidine rings is 1. The molecule has 0 aromatic carbocycles. The van der Waals surface area contributed by atoms with Crippen LogP contribution in [0.25, 0.3) is 0 Å². The molecule has 86 valence electrons. The molecule has 4 N–H and O–H groups in total. The number of nitrogen functional groups attached to an aromatic ring is 1. The molecule has 5 nitrogen and oxygen atoms in total. The fraction of sp³-hybridized carbons (Fsp3) is 0.455. The molecule has 1 aromatic heterocycles. The molecular weight excluding hydrogens is 206 g/mol. The van der Waals surface area contributed by atoms with E-state index in [0.29, 0.717) is 5.92 Å². The molecule has 0 aliphatic carbocycles. The molecule has 1 aliphatic heterocycles. The molecule has 2 heterocycles. The van der Waals surface area contributed by atoms with Crippen molar-refractivity contribution in [2.45, 2.75) is 18.8 Å². The molecule has 0 radical (unpaired) electrons. The normalized spacial score (nSPS) is 20.6. The lowest BCUT2D eigenvalue weighted by molar-refractivity contribution is 0.0691. The van der Waals surface area contributed by atoms with Crippen molar-refractivity contribution in [3.63, 3.8) is 0 Å². The second-order valence-electron chi connectivity index (χ2n) is 4.02. The van der Waals surface area contributed by atoms with E-state index in [1.165, 1.54) is 0 Å². The maximum Gasteiger partial charge on any atom is 0.356 e. The van der Waals surface area contributed by atoms with E-state index < -0.39 is 5.97 Å². The van der Waals surface area contributed by atoms with Gasteiger partial charge in [-0.1, -0.05) is 0 Å². The maximum absolute atomic E-state index is 10.9. The quantitative estimate of drug-likeness (QED) is 0.688. The lowest BCUT2D eigenvalue weighted by Gasteiger charge is -2.22. The van der Waals surface area contributed by atoms with Crippen molar-refractivity contribution in [3.05, 3.63) is 23.5 Å². The van der Waals surface area contributed by atoms with Crippen molar-refractivity contribution in [2.75, 3.05) is 18.8 Å². The predicted octanol–water partition coefficient (Wildman–Crippen LogP) is 0.829. The number of hydrogen-bond acceptors (Lipinski definition) is 4. The number of aromatic carboxylic acids is 1. The third-order valence-corrected chi connectivity index (χ3v) is 2.87. The Labute approximate surface area is 93.7 Å².